The average Bonchev–Trinajstić information content (AvgIpc) is 2.33. The Kier molecular flexibility index (Phi) is 3.34. The van der Waals surface area contributed by atoms with Crippen molar-refractivity contribution < 1.29 is 4.74 Å². The van der Waals surface area contributed by atoms with Gasteiger partial charge in [0.05, 0.1) is 18.5 Å². The number of nitrogens with one attached hydrogen (secondary N) is 1. The number of nitrogens with two attached hydrogens (primary N) is 1. The quantitative estimate of drug-likeness (QED) is 0.606. The average molecular weight is 218 g/mol. The number of hydrogen-bond donors (Lipinski definition) is 2. The fourth-order valence-electron chi connectivity index (χ4n) is 1.99. The number of methoxy groups -OCH3 is 1. The lowest BCUT2D eigenvalue weighted by atomic mass is 10.0. The van der Waals surface area contributed by atoms with Crippen LogP contribution in [0.5, 0.6) is 5.75 Å². The van der Waals surface area contributed by atoms with Crippen LogP contribution in [0.1, 0.15) is 19.3 Å². The number of anilines is 2. The Morgan fingerprint density at radius 2 is 2.25 bits per heavy atom. The summed E-state index contributed by atoms with van der Waals surface area (Å²) in [5.41, 5.74) is 7.67. The molecule has 0 bridgehead atoms. The standard InChI is InChI=1S/C13H18N2O/c1-16-12-9-5-8-11(13(12)14)15-10-6-3-2-4-7-10/h2-3,5,8-10,15H,4,6-7,14H2,1H3. The number of para-hydroxylation sites is 1. The van der Waals surface area contributed by atoms with Crippen LogP contribution in [-0.4, -0.2) is 13.2 Å². The van der Waals surface area contributed by atoms with Crippen LogP contribution in [0, 0.1) is 0 Å². The van der Waals surface area contributed by atoms with Gasteiger partial charge in [0.1, 0.15) is 5.75 Å². The molecule has 1 unspecified atom stereocenters. The molecule has 0 aromatic heterocycles. The van der Waals surface area contributed by atoms with E-state index in [2.05, 4.69) is 17.5 Å². The number of benzene rings is 1. The van der Waals surface area contributed by atoms with Crippen LogP contribution in [0.3, 0.4) is 0 Å². The second-order valence-electron chi connectivity index (χ2n) is 4.05. The minimum Gasteiger partial charge on any atom is -0.495 e. The minimum absolute atomic E-state index is 0.486. The molecule has 16 heavy (non-hydrogen) atoms. The number of hydrogen-bond acceptors (Lipinski definition) is 3. The Hall–Kier alpha value is -1.64. The first-order chi connectivity index (χ1) is 7.81. The highest BCUT2D eigenvalue weighted by Crippen LogP contribution is 2.30. The summed E-state index contributed by atoms with van der Waals surface area (Å²) in [6, 6.07) is 6.31. The molecule has 0 amide bonds. The first-order valence-corrected chi connectivity index (χ1v) is 5.65. The van der Waals surface area contributed by atoms with Crippen molar-refractivity contribution >= 4 is 11.4 Å². The highest BCUT2D eigenvalue weighted by atomic mass is 16.5. The first-order valence-electron chi connectivity index (χ1n) is 5.65. The van der Waals surface area contributed by atoms with E-state index in [0.29, 0.717) is 11.7 Å². The van der Waals surface area contributed by atoms with Crippen molar-refractivity contribution in [2.75, 3.05) is 18.2 Å². The van der Waals surface area contributed by atoms with Crippen molar-refractivity contribution in [1.29, 1.82) is 0 Å². The van der Waals surface area contributed by atoms with Crippen LogP contribution in [0.2, 0.25) is 0 Å². The summed E-state index contributed by atoms with van der Waals surface area (Å²) in [5, 5.41) is 3.47. The molecule has 0 saturated carbocycles. The number of ether oxygens (including phenoxy) is 1. The third-order valence-electron chi connectivity index (χ3n) is 2.91. The van der Waals surface area contributed by atoms with Crippen LogP contribution >= 0.6 is 0 Å². The lowest BCUT2D eigenvalue weighted by molar-refractivity contribution is 0.417. The number of allylic oxidation sites excluding steroid dienone is 1. The van der Waals surface area contributed by atoms with Gasteiger partial charge < -0.3 is 15.8 Å². The molecule has 3 heteroatoms. The van der Waals surface area contributed by atoms with Gasteiger partial charge in [-0.2, -0.15) is 0 Å². The highest BCUT2D eigenvalue weighted by Gasteiger charge is 2.12. The second kappa shape index (κ2) is 4.92. The Bertz CT molecular complexity index is 388. The molecule has 1 aromatic rings. The molecular formula is C13H18N2O. The molecule has 0 spiro atoms. The van der Waals surface area contributed by atoms with E-state index >= 15 is 0 Å². The van der Waals surface area contributed by atoms with Crippen LogP contribution < -0.4 is 15.8 Å². The molecule has 0 saturated heterocycles. The van der Waals surface area contributed by atoms with E-state index in [0.717, 1.165) is 30.7 Å². The summed E-state index contributed by atoms with van der Waals surface area (Å²) in [5.74, 6) is 0.733. The Labute approximate surface area is 96.3 Å². The van der Waals surface area contributed by atoms with Crippen molar-refractivity contribution in [3.8, 4) is 5.75 Å². The fourth-order valence-corrected chi connectivity index (χ4v) is 1.99. The van der Waals surface area contributed by atoms with Gasteiger partial charge in [0.25, 0.3) is 0 Å². The molecule has 3 nitrogen and oxygen atoms in total. The molecule has 1 aromatic carbocycles. The van der Waals surface area contributed by atoms with E-state index in [1.54, 1.807) is 7.11 Å². The third kappa shape index (κ3) is 2.30. The topological polar surface area (TPSA) is 47.3 Å². The van der Waals surface area contributed by atoms with Crippen molar-refractivity contribution in [1.82, 2.24) is 0 Å². The van der Waals surface area contributed by atoms with E-state index in [9.17, 15) is 0 Å². The summed E-state index contributed by atoms with van der Waals surface area (Å²) in [6.07, 6.45) is 7.82. The fraction of sp³-hybridized carbons (Fsp3) is 0.385. The summed E-state index contributed by atoms with van der Waals surface area (Å²) in [6.45, 7) is 0. The maximum atomic E-state index is 6.01. The molecule has 0 aliphatic heterocycles. The molecule has 1 aliphatic carbocycles. The normalized spacial score (nSPS) is 19.4. The van der Waals surface area contributed by atoms with Crippen molar-refractivity contribution in [2.24, 2.45) is 0 Å². The zero-order valence-corrected chi connectivity index (χ0v) is 9.57. The summed E-state index contributed by atoms with van der Waals surface area (Å²) in [4.78, 5) is 0. The van der Waals surface area contributed by atoms with Gasteiger partial charge in [-0.25, -0.2) is 0 Å². The Morgan fingerprint density at radius 1 is 1.38 bits per heavy atom. The van der Waals surface area contributed by atoms with Crippen molar-refractivity contribution in [3.05, 3.63) is 30.4 Å². The van der Waals surface area contributed by atoms with E-state index in [1.807, 2.05) is 18.2 Å². The van der Waals surface area contributed by atoms with Gasteiger partial charge in [0.15, 0.2) is 0 Å². The van der Waals surface area contributed by atoms with Crippen molar-refractivity contribution in [2.45, 2.75) is 25.3 Å². The first kappa shape index (κ1) is 10.9. The predicted molar refractivity (Wildman–Crippen MR) is 67.8 cm³/mol. The minimum atomic E-state index is 0.486. The summed E-state index contributed by atoms with van der Waals surface area (Å²) >= 11 is 0. The van der Waals surface area contributed by atoms with Gasteiger partial charge in [-0.05, 0) is 31.4 Å². The molecule has 1 aliphatic rings. The van der Waals surface area contributed by atoms with E-state index in [4.69, 9.17) is 10.5 Å². The molecule has 2 rings (SSSR count). The van der Waals surface area contributed by atoms with Crippen LogP contribution in [0.25, 0.3) is 0 Å². The molecular weight excluding hydrogens is 200 g/mol. The van der Waals surface area contributed by atoms with Gasteiger partial charge in [-0.1, -0.05) is 18.2 Å². The van der Waals surface area contributed by atoms with Gasteiger partial charge in [0.2, 0.25) is 0 Å². The maximum Gasteiger partial charge on any atom is 0.143 e. The Morgan fingerprint density at radius 3 is 2.94 bits per heavy atom. The van der Waals surface area contributed by atoms with Crippen LogP contribution in [0.4, 0.5) is 11.4 Å². The van der Waals surface area contributed by atoms with E-state index < -0.39 is 0 Å². The monoisotopic (exact) mass is 218 g/mol. The summed E-state index contributed by atoms with van der Waals surface area (Å²) in [7, 11) is 1.64. The molecule has 86 valence electrons. The predicted octanol–water partition coefficient (Wildman–Crippen LogP) is 2.80. The molecule has 0 heterocycles. The van der Waals surface area contributed by atoms with Gasteiger partial charge in [-0.15, -0.1) is 0 Å². The van der Waals surface area contributed by atoms with Gasteiger partial charge in [-0.3, -0.25) is 0 Å². The lowest BCUT2D eigenvalue weighted by Crippen LogP contribution is -2.21. The summed E-state index contributed by atoms with van der Waals surface area (Å²) < 4.78 is 5.20. The molecule has 0 fully saturated rings. The molecule has 0 radical (unpaired) electrons. The van der Waals surface area contributed by atoms with Crippen LogP contribution in [-0.2, 0) is 0 Å². The van der Waals surface area contributed by atoms with Gasteiger partial charge >= 0.3 is 0 Å². The smallest absolute Gasteiger partial charge is 0.143 e. The number of nitrogen functional groups attached to an aromatic ring is 1. The Balaban J connectivity index is 2.11. The number of rotatable bonds is 3. The second-order valence-corrected chi connectivity index (χ2v) is 4.05. The SMILES string of the molecule is COc1cccc(NC2CC=CCC2)c1N. The van der Waals surface area contributed by atoms with Crippen LogP contribution in [0.15, 0.2) is 30.4 Å². The largest absolute Gasteiger partial charge is 0.495 e. The lowest BCUT2D eigenvalue weighted by Gasteiger charge is -2.22. The van der Waals surface area contributed by atoms with E-state index in [1.165, 1.54) is 0 Å². The van der Waals surface area contributed by atoms with Gasteiger partial charge in [0, 0.05) is 6.04 Å². The third-order valence-corrected chi connectivity index (χ3v) is 2.91. The maximum absolute atomic E-state index is 6.01. The zero-order chi connectivity index (χ0) is 11.4. The van der Waals surface area contributed by atoms with E-state index in [-0.39, 0.29) is 0 Å². The molecule has 3 N–H and O–H groups in total. The highest BCUT2D eigenvalue weighted by molar-refractivity contribution is 5.73. The zero-order valence-electron chi connectivity index (χ0n) is 9.57. The van der Waals surface area contributed by atoms with Crippen molar-refractivity contribution in [3.63, 3.8) is 0 Å². The molecule has 1 atom stereocenters.